The third kappa shape index (κ3) is 4.65. The van der Waals surface area contributed by atoms with Crippen molar-refractivity contribution in [3.05, 3.63) is 23.2 Å². The van der Waals surface area contributed by atoms with Gasteiger partial charge in [-0.2, -0.15) is 0 Å². The lowest BCUT2D eigenvalue weighted by atomic mass is 10.2. The van der Waals surface area contributed by atoms with Crippen molar-refractivity contribution in [2.24, 2.45) is 0 Å². The highest BCUT2D eigenvalue weighted by Crippen LogP contribution is 2.26. The van der Waals surface area contributed by atoms with Crippen LogP contribution < -0.4 is 10.6 Å². The van der Waals surface area contributed by atoms with E-state index in [1.54, 1.807) is 0 Å². The van der Waals surface area contributed by atoms with E-state index in [1.165, 1.54) is 6.92 Å². The minimum atomic E-state index is -0.119. The Kier molecular flexibility index (Phi) is 5.29. The molecule has 2 N–H and O–H groups in total. The first-order valence-corrected chi connectivity index (χ1v) is 6.24. The van der Waals surface area contributed by atoms with Crippen LogP contribution in [0.25, 0.3) is 0 Å². The van der Waals surface area contributed by atoms with Crippen LogP contribution in [-0.2, 0) is 4.79 Å². The van der Waals surface area contributed by atoms with Crippen LogP contribution in [0.5, 0.6) is 0 Å². The van der Waals surface area contributed by atoms with Crippen LogP contribution in [0.3, 0.4) is 0 Å². The Morgan fingerprint density at radius 1 is 1.47 bits per heavy atom. The fraction of sp³-hybridized carbons (Fsp3) is 0.462. The summed E-state index contributed by atoms with van der Waals surface area (Å²) in [6.45, 7) is 5.76. The number of carbonyl (C=O) groups excluding carboxylic acids is 1. The standard InChI is InChI=1S/C13H19ClN2O/c1-4-5-9(2)15-11-6-7-13(12(14)8-11)16-10(3)17/h6-9,15H,4-5H2,1-3H3,(H,16,17). The van der Waals surface area contributed by atoms with E-state index in [0.717, 1.165) is 18.5 Å². The van der Waals surface area contributed by atoms with Gasteiger partial charge in [-0.25, -0.2) is 0 Å². The van der Waals surface area contributed by atoms with Gasteiger partial charge >= 0.3 is 0 Å². The van der Waals surface area contributed by atoms with Crippen LogP contribution in [-0.4, -0.2) is 11.9 Å². The van der Waals surface area contributed by atoms with Gasteiger partial charge in [-0.15, -0.1) is 0 Å². The molecule has 0 fully saturated rings. The topological polar surface area (TPSA) is 41.1 Å². The molecular weight excluding hydrogens is 236 g/mol. The molecule has 0 heterocycles. The number of halogens is 1. The Balaban J connectivity index is 2.71. The van der Waals surface area contributed by atoms with E-state index in [0.29, 0.717) is 16.8 Å². The molecule has 1 atom stereocenters. The fourth-order valence-corrected chi connectivity index (χ4v) is 1.91. The minimum absolute atomic E-state index is 0.119. The lowest BCUT2D eigenvalue weighted by Crippen LogP contribution is -2.14. The smallest absolute Gasteiger partial charge is 0.221 e. The fourth-order valence-electron chi connectivity index (χ4n) is 1.69. The highest BCUT2D eigenvalue weighted by molar-refractivity contribution is 6.34. The summed E-state index contributed by atoms with van der Waals surface area (Å²) in [5.41, 5.74) is 1.62. The molecule has 17 heavy (non-hydrogen) atoms. The summed E-state index contributed by atoms with van der Waals surface area (Å²) in [6, 6.07) is 5.98. The van der Waals surface area contributed by atoms with Crippen molar-refractivity contribution in [2.45, 2.75) is 39.7 Å². The number of hydrogen-bond donors (Lipinski definition) is 2. The van der Waals surface area contributed by atoms with Gasteiger partial charge in [0.1, 0.15) is 0 Å². The van der Waals surface area contributed by atoms with Gasteiger partial charge in [0.2, 0.25) is 5.91 Å². The van der Waals surface area contributed by atoms with E-state index in [1.807, 2.05) is 18.2 Å². The van der Waals surface area contributed by atoms with Gasteiger partial charge in [0.15, 0.2) is 0 Å². The van der Waals surface area contributed by atoms with Crippen molar-refractivity contribution in [2.75, 3.05) is 10.6 Å². The van der Waals surface area contributed by atoms with Gasteiger partial charge in [-0.1, -0.05) is 24.9 Å². The van der Waals surface area contributed by atoms with Crippen molar-refractivity contribution < 1.29 is 4.79 Å². The number of nitrogens with one attached hydrogen (secondary N) is 2. The molecule has 1 amide bonds. The second-order valence-electron chi connectivity index (χ2n) is 4.21. The SMILES string of the molecule is CCCC(C)Nc1ccc(NC(C)=O)c(Cl)c1. The van der Waals surface area contributed by atoms with Gasteiger partial charge in [-0.05, 0) is 31.5 Å². The average Bonchev–Trinajstić information content (AvgIpc) is 2.22. The first-order chi connectivity index (χ1) is 8.02. The lowest BCUT2D eigenvalue weighted by Gasteiger charge is -2.15. The Labute approximate surface area is 108 Å². The van der Waals surface area contributed by atoms with E-state index in [-0.39, 0.29) is 5.91 Å². The van der Waals surface area contributed by atoms with Crippen LogP contribution in [0.4, 0.5) is 11.4 Å². The molecule has 0 saturated carbocycles. The summed E-state index contributed by atoms with van der Waals surface area (Å²) in [5, 5.41) is 6.60. The number of anilines is 2. The molecule has 0 aromatic heterocycles. The van der Waals surface area contributed by atoms with Gasteiger partial charge in [0.25, 0.3) is 0 Å². The molecule has 0 saturated heterocycles. The molecule has 1 unspecified atom stereocenters. The summed E-state index contributed by atoms with van der Waals surface area (Å²) >= 11 is 6.08. The monoisotopic (exact) mass is 254 g/mol. The summed E-state index contributed by atoms with van der Waals surface area (Å²) in [6.07, 6.45) is 2.26. The summed E-state index contributed by atoms with van der Waals surface area (Å²) < 4.78 is 0. The lowest BCUT2D eigenvalue weighted by molar-refractivity contribution is -0.114. The molecule has 3 nitrogen and oxygen atoms in total. The predicted octanol–water partition coefficient (Wildman–Crippen LogP) is 3.90. The van der Waals surface area contributed by atoms with Crippen molar-refractivity contribution in [3.63, 3.8) is 0 Å². The molecule has 0 spiro atoms. The zero-order valence-corrected chi connectivity index (χ0v) is 11.3. The van der Waals surface area contributed by atoms with E-state index >= 15 is 0 Å². The van der Waals surface area contributed by atoms with E-state index in [4.69, 9.17) is 11.6 Å². The molecule has 0 bridgehead atoms. The second kappa shape index (κ2) is 6.50. The Bertz CT molecular complexity index is 393. The van der Waals surface area contributed by atoms with E-state index < -0.39 is 0 Å². The minimum Gasteiger partial charge on any atom is -0.383 e. The van der Waals surface area contributed by atoms with E-state index in [2.05, 4.69) is 24.5 Å². The third-order valence-corrected chi connectivity index (χ3v) is 2.73. The normalized spacial score (nSPS) is 12.0. The molecule has 1 aromatic carbocycles. The Morgan fingerprint density at radius 2 is 2.18 bits per heavy atom. The van der Waals surface area contributed by atoms with Crippen LogP contribution in [0.1, 0.15) is 33.6 Å². The number of rotatable bonds is 5. The second-order valence-corrected chi connectivity index (χ2v) is 4.62. The van der Waals surface area contributed by atoms with Gasteiger partial charge in [-0.3, -0.25) is 4.79 Å². The largest absolute Gasteiger partial charge is 0.383 e. The van der Waals surface area contributed by atoms with Crippen molar-refractivity contribution in [3.8, 4) is 0 Å². The first-order valence-electron chi connectivity index (χ1n) is 5.86. The molecule has 0 radical (unpaired) electrons. The molecule has 1 aromatic rings. The van der Waals surface area contributed by atoms with Gasteiger partial charge < -0.3 is 10.6 Å². The van der Waals surface area contributed by atoms with Crippen LogP contribution >= 0.6 is 11.6 Å². The van der Waals surface area contributed by atoms with Crippen LogP contribution in [0.15, 0.2) is 18.2 Å². The predicted molar refractivity (Wildman–Crippen MR) is 73.7 cm³/mol. The molecule has 94 valence electrons. The molecule has 0 aliphatic heterocycles. The number of benzene rings is 1. The van der Waals surface area contributed by atoms with Gasteiger partial charge in [0, 0.05) is 18.7 Å². The number of hydrogen-bond acceptors (Lipinski definition) is 2. The van der Waals surface area contributed by atoms with Crippen LogP contribution in [0.2, 0.25) is 5.02 Å². The van der Waals surface area contributed by atoms with Crippen molar-refractivity contribution in [1.29, 1.82) is 0 Å². The summed E-state index contributed by atoms with van der Waals surface area (Å²) in [7, 11) is 0. The molecule has 0 aliphatic rings. The van der Waals surface area contributed by atoms with E-state index in [9.17, 15) is 4.79 Å². The third-order valence-electron chi connectivity index (χ3n) is 2.41. The quantitative estimate of drug-likeness (QED) is 0.837. The average molecular weight is 255 g/mol. The molecule has 1 rings (SSSR count). The molecular formula is C13H19ClN2O. The Hall–Kier alpha value is -1.22. The first kappa shape index (κ1) is 13.8. The maximum atomic E-state index is 10.9. The van der Waals surface area contributed by atoms with Gasteiger partial charge in [0.05, 0.1) is 10.7 Å². The van der Waals surface area contributed by atoms with Crippen LogP contribution in [0, 0.1) is 0 Å². The van der Waals surface area contributed by atoms with Crippen molar-refractivity contribution >= 4 is 28.9 Å². The Morgan fingerprint density at radius 3 is 2.71 bits per heavy atom. The zero-order valence-electron chi connectivity index (χ0n) is 10.5. The highest BCUT2D eigenvalue weighted by Gasteiger charge is 2.05. The number of amides is 1. The zero-order chi connectivity index (χ0) is 12.8. The highest BCUT2D eigenvalue weighted by atomic mass is 35.5. The maximum Gasteiger partial charge on any atom is 0.221 e. The molecule has 4 heteroatoms. The number of carbonyl (C=O) groups is 1. The van der Waals surface area contributed by atoms with Crippen molar-refractivity contribution in [1.82, 2.24) is 0 Å². The maximum absolute atomic E-state index is 10.9. The summed E-state index contributed by atoms with van der Waals surface area (Å²) in [5.74, 6) is -0.119. The molecule has 0 aliphatic carbocycles. The summed E-state index contributed by atoms with van der Waals surface area (Å²) in [4.78, 5) is 10.9.